The Bertz CT molecular complexity index is 789. The summed E-state index contributed by atoms with van der Waals surface area (Å²) in [5.41, 5.74) is 1.66. The van der Waals surface area contributed by atoms with Crippen LogP contribution in [0.1, 0.15) is 84.0 Å². The van der Waals surface area contributed by atoms with Gasteiger partial charge in [-0.05, 0) is 50.7 Å². The Morgan fingerprint density at radius 1 is 0.867 bits per heavy atom. The highest BCUT2D eigenvalue weighted by Crippen LogP contribution is 2.21. The topological polar surface area (TPSA) is 42.0 Å². The number of nitrogens with zero attached hydrogens (tertiary/aromatic N) is 1. The van der Waals surface area contributed by atoms with Gasteiger partial charge in [-0.25, -0.2) is 0 Å². The lowest BCUT2D eigenvalue weighted by Crippen LogP contribution is -2.11. The highest BCUT2D eigenvalue weighted by Gasteiger charge is 2.06. The predicted octanol–water partition coefficient (Wildman–Crippen LogP) is 7.99. The van der Waals surface area contributed by atoms with E-state index < -0.39 is 0 Å². The van der Waals surface area contributed by atoms with Crippen LogP contribution in [0.15, 0.2) is 60.8 Å². The van der Waals surface area contributed by atoms with E-state index in [4.69, 9.17) is 0 Å². The van der Waals surface area contributed by atoms with E-state index in [0.29, 0.717) is 6.42 Å². The number of hydrogen-bond donors (Lipinski definition) is 1. The first-order chi connectivity index (χ1) is 14.8. The molecule has 1 N–H and O–H groups in total. The minimum absolute atomic E-state index is 0.0823. The second-order valence-corrected chi connectivity index (χ2v) is 7.91. The lowest BCUT2D eigenvalue weighted by molar-refractivity contribution is -0.116. The third-order valence-corrected chi connectivity index (χ3v) is 5.26. The highest BCUT2D eigenvalue weighted by atomic mass is 16.1. The largest absolute Gasteiger partial charge is 0.324 e. The third kappa shape index (κ3) is 9.87. The van der Waals surface area contributed by atoms with E-state index in [0.717, 1.165) is 42.3 Å². The maximum Gasteiger partial charge on any atom is 0.224 e. The normalized spacial score (nSPS) is 11.6. The van der Waals surface area contributed by atoms with Crippen LogP contribution in [-0.4, -0.2) is 10.9 Å². The quantitative estimate of drug-likeness (QED) is 0.240. The number of carbonyl (C=O) groups is 1. The van der Waals surface area contributed by atoms with E-state index in [1.807, 2.05) is 30.3 Å². The van der Waals surface area contributed by atoms with Gasteiger partial charge in [0.25, 0.3) is 0 Å². The van der Waals surface area contributed by atoms with E-state index in [1.165, 1.54) is 44.9 Å². The molecule has 162 valence electrons. The van der Waals surface area contributed by atoms with Crippen LogP contribution in [0.5, 0.6) is 0 Å². The molecule has 1 amide bonds. The van der Waals surface area contributed by atoms with E-state index in [9.17, 15) is 4.79 Å². The zero-order valence-electron chi connectivity index (χ0n) is 18.6. The van der Waals surface area contributed by atoms with Gasteiger partial charge in [-0.2, -0.15) is 0 Å². The lowest BCUT2D eigenvalue weighted by Gasteiger charge is -2.08. The van der Waals surface area contributed by atoms with Gasteiger partial charge in [-0.15, -0.1) is 0 Å². The molecule has 0 aliphatic rings. The molecule has 2 aromatic rings. The van der Waals surface area contributed by atoms with E-state index in [-0.39, 0.29) is 5.91 Å². The van der Waals surface area contributed by atoms with Gasteiger partial charge < -0.3 is 5.32 Å². The van der Waals surface area contributed by atoms with Crippen molar-refractivity contribution in [3.05, 3.63) is 60.8 Å². The van der Waals surface area contributed by atoms with E-state index >= 15 is 0 Å². The number of allylic oxidation sites excluding steroid dienone is 4. The predicted molar refractivity (Wildman–Crippen MR) is 130 cm³/mol. The van der Waals surface area contributed by atoms with Crippen LogP contribution >= 0.6 is 0 Å². The first-order valence-electron chi connectivity index (χ1n) is 11.7. The van der Waals surface area contributed by atoms with Crippen molar-refractivity contribution >= 4 is 22.5 Å². The molecule has 1 aromatic heterocycles. The summed E-state index contributed by atoms with van der Waals surface area (Å²) in [6.07, 6.45) is 24.7. The van der Waals surface area contributed by atoms with Crippen molar-refractivity contribution in [2.75, 3.05) is 5.32 Å². The molecule has 0 aliphatic heterocycles. The van der Waals surface area contributed by atoms with Gasteiger partial charge in [-0.1, -0.05) is 81.5 Å². The summed E-state index contributed by atoms with van der Waals surface area (Å²) in [7, 11) is 0. The van der Waals surface area contributed by atoms with E-state index in [1.54, 1.807) is 6.20 Å². The molecule has 3 heteroatoms. The molecule has 3 nitrogen and oxygen atoms in total. The molecule has 2 rings (SSSR count). The molecule has 0 saturated heterocycles. The van der Waals surface area contributed by atoms with Gasteiger partial charge in [0, 0.05) is 18.0 Å². The molecule has 0 bridgehead atoms. The molecule has 0 atom stereocenters. The number of amides is 1. The second-order valence-electron chi connectivity index (χ2n) is 7.91. The van der Waals surface area contributed by atoms with Crippen LogP contribution in [0.25, 0.3) is 10.9 Å². The summed E-state index contributed by atoms with van der Waals surface area (Å²) in [5.74, 6) is 0.0823. The average Bonchev–Trinajstić information content (AvgIpc) is 2.76. The lowest BCUT2D eigenvalue weighted by atomic mass is 10.1. The first-order valence-corrected chi connectivity index (χ1v) is 11.7. The van der Waals surface area contributed by atoms with Crippen LogP contribution in [0, 0.1) is 0 Å². The zero-order valence-corrected chi connectivity index (χ0v) is 18.6. The number of aromatic nitrogens is 1. The molecule has 0 unspecified atom stereocenters. The third-order valence-electron chi connectivity index (χ3n) is 5.26. The standard InChI is InChI=1S/C27H38N2O/c1-2-3-4-5-6-7-8-9-10-11-12-13-14-15-16-22-26(30)29-25-21-17-19-24-20-18-23-28-27(24)25/h6-7,9-10,17-21,23H,2-5,8,11-16,22H2,1H3,(H,29,30)/b7-6-,10-9-. The van der Waals surface area contributed by atoms with Crippen molar-refractivity contribution in [1.82, 2.24) is 4.98 Å². The molecule has 1 aromatic carbocycles. The van der Waals surface area contributed by atoms with Gasteiger partial charge in [0.15, 0.2) is 0 Å². The number of pyridine rings is 1. The molecule has 0 aliphatic carbocycles. The van der Waals surface area contributed by atoms with E-state index in [2.05, 4.69) is 41.5 Å². The summed E-state index contributed by atoms with van der Waals surface area (Å²) in [5, 5.41) is 4.07. The Morgan fingerprint density at radius 2 is 1.57 bits per heavy atom. The Hall–Kier alpha value is -2.42. The van der Waals surface area contributed by atoms with Gasteiger partial charge in [-0.3, -0.25) is 9.78 Å². The van der Waals surface area contributed by atoms with Gasteiger partial charge >= 0.3 is 0 Å². The summed E-state index contributed by atoms with van der Waals surface area (Å²) in [6, 6.07) is 9.81. The molecule has 0 radical (unpaired) electrons. The van der Waals surface area contributed by atoms with Crippen molar-refractivity contribution < 1.29 is 4.79 Å². The van der Waals surface area contributed by atoms with Crippen LogP contribution in [0.3, 0.4) is 0 Å². The molecule has 0 spiro atoms. The Kier molecular flexibility index (Phi) is 12.3. The minimum atomic E-state index is 0.0823. The molecular weight excluding hydrogens is 368 g/mol. The monoisotopic (exact) mass is 406 g/mol. The number of rotatable bonds is 15. The van der Waals surface area contributed by atoms with Gasteiger partial charge in [0.1, 0.15) is 0 Å². The maximum absolute atomic E-state index is 12.2. The second kappa shape index (κ2) is 15.4. The number of para-hydroxylation sites is 1. The fourth-order valence-corrected chi connectivity index (χ4v) is 3.51. The minimum Gasteiger partial charge on any atom is -0.324 e. The van der Waals surface area contributed by atoms with Crippen LogP contribution < -0.4 is 5.32 Å². The number of benzene rings is 1. The summed E-state index contributed by atoms with van der Waals surface area (Å²) < 4.78 is 0. The van der Waals surface area contributed by atoms with Crippen molar-refractivity contribution in [2.24, 2.45) is 0 Å². The average molecular weight is 407 g/mol. The Morgan fingerprint density at radius 3 is 2.37 bits per heavy atom. The molecule has 30 heavy (non-hydrogen) atoms. The summed E-state index contributed by atoms with van der Waals surface area (Å²) in [6.45, 7) is 2.24. The number of fused-ring (bicyclic) bond motifs is 1. The highest BCUT2D eigenvalue weighted by molar-refractivity contribution is 6.00. The van der Waals surface area contributed by atoms with Crippen LogP contribution in [0.2, 0.25) is 0 Å². The first kappa shape index (κ1) is 23.9. The smallest absolute Gasteiger partial charge is 0.224 e. The zero-order chi connectivity index (χ0) is 21.3. The van der Waals surface area contributed by atoms with Crippen molar-refractivity contribution in [3.8, 4) is 0 Å². The van der Waals surface area contributed by atoms with Crippen LogP contribution in [0.4, 0.5) is 5.69 Å². The maximum atomic E-state index is 12.2. The molecule has 1 heterocycles. The van der Waals surface area contributed by atoms with Gasteiger partial charge in [0.2, 0.25) is 5.91 Å². The molecule has 0 fully saturated rings. The number of nitrogens with one attached hydrogen (secondary N) is 1. The summed E-state index contributed by atoms with van der Waals surface area (Å²) in [4.78, 5) is 16.6. The molecule has 0 saturated carbocycles. The number of anilines is 1. The fraction of sp³-hybridized carbons (Fsp3) is 0.481. The molecular formula is C27H38N2O. The van der Waals surface area contributed by atoms with Crippen molar-refractivity contribution in [3.63, 3.8) is 0 Å². The Labute approximate surface area is 182 Å². The van der Waals surface area contributed by atoms with Crippen molar-refractivity contribution in [1.29, 1.82) is 0 Å². The fourth-order valence-electron chi connectivity index (χ4n) is 3.51. The number of hydrogen-bond acceptors (Lipinski definition) is 2. The van der Waals surface area contributed by atoms with Crippen LogP contribution in [-0.2, 0) is 4.79 Å². The SMILES string of the molecule is CCCCC/C=C\C/C=C\CCCCCCCC(=O)Nc1cccc2cccnc12. The number of unbranched alkanes of at least 4 members (excludes halogenated alkanes) is 8. The van der Waals surface area contributed by atoms with Gasteiger partial charge in [0.05, 0.1) is 11.2 Å². The summed E-state index contributed by atoms with van der Waals surface area (Å²) >= 11 is 0. The number of carbonyl (C=O) groups excluding carboxylic acids is 1. The van der Waals surface area contributed by atoms with Crippen molar-refractivity contribution in [2.45, 2.75) is 84.0 Å². The Balaban J connectivity index is 1.48.